The quantitative estimate of drug-likeness (QED) is 0.206. The Hall–Kier alpha value is -3.17. The van der Waals surface area contributed by atoms with Gasteiger partial charge in [-0.1, -0.05) is 28.1 Å². The van der Waals surface area contributed by atoms with Crippen LogP contribution in [0.25, 0.3) is 0 Å². The van der Waals surface area contributed by atoms with Gasteiger partial charge in [0.05, 0.1) is 17.3 Å². The standard InChI is InChI=1S/C26H25Br2N3O4/c1-2-34-22-10-8-21(9-11-22)30-25(32)13-14-26(33)31-29-16-19-5-12-24(23(28)15-19)35-17-18-3-6-20(27)7-4-18/h3-12,15-16H,2,13-14,17H2,1H3,(H,30,32)(H,31,33). The van der Waals surface area contributed by atoms with Crippen molar-refractivity contribution in [3.05, 3.63) is 86.8 Å². The topological polar surface area (TPSA) is 89.0 Å². The molecule has 35 heavy (non-hydrogen) atoms. The summed E-state index contributed by atoms with van der Waals surface area (Å²) in [4.78, 5) is 24.1. The van der Waals surface area contributed by atoms with Gasteiger partial charge in [-0.05, 0) is 88.6 Å². The van der Waals surface area contributed by atoms with Crippen molar-refractivity contribution in [3.63, 3.8) is 0 Å². The average molecular weight is 603 g/mol. The predicted octanol–water partition coefficient (Wildman–Crippen LogP) is 6.06. The largest absolute Gasteiger partial charge is 0.494 e. The average Bonchev–Trinajstić information content (AvgIpc) is 2.85. The first-order valence-electron chi connectivity index (χ1n) is 10.9. The maximum absolute atomic E-state index is 12.1. The second-order valence-corrected chi connectivity index (χ2v) is 9.17. The van der Waals surface area contributed by atoms with Crippen molar-refractivity contribution in [1.82, 2.24) is 5.43 Å². The predicted molar refractivity (Wildman–Crippen MR) is 144 cm³/mol. The monoisotopic (exact) mass is 601 g/mol. The summed E-state index contributed by atoms with van der Waals surface area (Å²) in [6.45, 7) is 2.93. The summed E-state index contributed by atoms with van der Waals surface area (Å²) in [5.74, 6) is 0.831. The number of hydrogen-bond acceptors (Lipinski definition) is 5. The van der Waals surface area contributed by atoms with Crippen LogP contribution >= 0.6 is 31.9 Å². The Morgan fingerprint density at radius 2 is 1.63 bits per heavy atom. The highest BCUT2D eigenvalue weighted by molar-refractivity contribution is 9.10. The SMILES string of the molecule is CCOc1ccc(NC(=O)CCC(=O)NN=Cc2ccc(OCc3ccc(Br)cc3)c(Br)c2)cc1. The van der Waals surface area contributed by atoms with Crippen molar-refractivity contribution in [2.24, 2.45) is 5.10 Å². The first-order chi connectivity index (χ1) is 16.9. The lowest BCUT2D eigenvalue weighted by atomic mass is 10.2. The van der Waals surface area contributed by atoms with Gasteiger partial charge in [0.25, 0.3) is 0 Å². The lowest BCUT2D eigenvalue weighted by Gasteiger charge is -2.09. The van der Waals surface area contributed by atoms with Crippen molar-refractivity contribution < 1.29 is 19.1 Å². The first kappa shape index (κ1) is 26.4. The number of nitrogens with one attached hydrogen (secondary N) is 2. The lowest BCUT2D eigenvalue weighted by Crippen LogP contribution is -2.20. The molecule has 3 aromatic carbocycles. The third kappa shape index (κ3) is 9.18. The van der Waals surface area contributed by atoms with Gasteiger partial charge in [0.1, 0.15) is 18.1 Å². The molecule has 7 nitrogen and oxygen atoms in total. The Bertz CT molecular complexity index is 1170. The van der Waals surface area contributed by atoms with E-state index < -0.39 is 0 Å². The van der Waals surface area contributed by atoms with E-state index in [9.17, 15) is 9.59 Å². The highest BCUT2D eigenvalue weighted by Crippen LogP contribution is 2.26. The van der Waals surface area contributed by atoms with Crippen LogP contribution in [-0.4, -0.2) is 24.6 Å². The van der Waals surface area contributed by atoms with Gasteiger partial charge in [0, 0.05) is 23.0 Å². The Morgan fingerprint density at radius 1 is 0.914 bits per heavy atom. The minimum Gasteiger partial charge on any atom is -0.494 e. The number of halogens is 2. The molecule has 9 heteroatoms. The van der Waals surface area contributed by atoms with E-state index in [4.69, 9.17) is 9.47 Å². The van der Waals surface area contributed by atoms with E-state index in [2.05, 4.69) is 47.7 Å². The van der Waals surface area contributed by atoms with Crippen molar-refractivity contribution in [2.75, 3.05) is 11.9 Å². The summed E-state index contributed by atoms with van der Waals surface area (Å²) in [6.07, 6.45) is 1.60. The van der Waals surface area contributed by atoms with E-state index in [1.807, 2.05) is 49.4 Å². The number of ether oxygens (including phenoxy) is 2. The summed E-state index contributed by atoms with van der Waals surface area (Å²) < 4.78 is 13.0. The molecule has 0 atom stereocenters. The highest BCUT2D eigenvalue weighted by atomic mass is 79.9. The van der Waals surface area contributed by atoms with Gasteiger partial charge in [-0.3, -0.25) is 9.59 Å². The molecule has 0 aliphatic heterocycles. The number of carbonyl (C=O) groups is 2. The molecule has 0 radical (unpaired) electrons. The molecular weight excluding hydrogens is 578 g/mol. The number of hydrogen-bond donors (Lipinski definition) is 2. The number of carbonyl (C=O) groups excluding carboxylic acids is 2. The summed E-state index contributed by atoms with van der Waals surface area (Å²) >= 11 is 6.92. The van der Waals surface area contributed by atoms with Gasteiger partial charge in [-0.15, -0.1) is 0 Å². The molecule has 0 bridgehead atoms. The highest BCUT2D eigenvalue weighted by Gasteiger charge is 2.07. The van der Waals surface area contributed by atoms with Crippen molar-refractivity contribution in [1.29, 1.82) is 0 Å². The molecule has 0 spiro atoms. The van der Waals surface area contributed by atoms with Crippen molar-refractivity contribution >= 4 is 55.6 Å². The van der Waals surface area contributed by atoms with Crippen LogP contribution in [0.3, 0.4) is 0 Å². The second-order valence-electron chi connectivity index (χ2n) is 7.40. The van der Waals surface area contributed by atoms with E-state index in [0.29, 0.717) is 24.7 Å². The molecular formula is C26H25Br2N3O4. The third-order valence-electron chi connectivity index (χ3n) is 4.69. The van der Waals surface area contributed by atoms with Crippen LogP contribution in [0.5, 0.6) is 11.5 Å². The van der Waals surface area contributed by atoms with Gasteiger partial charge in [0.2, 0.25) is 11.8 Å². The molecule has 0 aromatic heterocycles. The molecule has 2 N–H and O–H groups in total. The van der Waals surface area contributed by atoms with Crippen LogP contribution in [0.4, 0.5) is 5.69 Å². The molecule has 0 saturated carbocycles. The van der Waals surface area contributed by atoms with E-state index in [0.717, 1.165) is 25.8 Å². The van der Waals surface area contributed by atoms with Crippen LogP contribution in [0.15, 0.2) is 80.8 Å². The van der Waals surface area contributed by atoms with Crippen LogP contribution in [-0.2, 0) is 16.2 Å². The molecule has 182 valence electrons. The van der Waals surface area contributed by atoms with Gasteiger partial charge in [0.15, 0.2) is 0 Å². The zero-order valence-electron chi connectivity index (χ0n) is 19.1. The molecule has 0 aliphatic rings. The molecule has 3 rings (SSSR count). The van der Waals surface area contributed by atoms with Crippen LogP contribution in [0, 0.1) is 0 Å². The maximum atomic E-state index is 12.1. The smallest absolute Gasteiger partial charge is 0.240 e. The van der Waals surface area contributed by atoms with E-state index >= 15 is 0 Å². The number of benzene rings is 3. The lowest BCUT2D eigenvalue weighted by molar-refractivity contribution is -0.124. The molecule has 0 fully saturated rings. The Morgan fingerprint density at radius 3 is 2.31 bits per heavy atom. The van der Waals surface area contributed by atoms with Gasteiger partial charge in [-0.2, -0.15) is 5.10 Å². The zero-order valence-corrected chi connectivity index (χ0v) is 22.3. The third-order valence-corrected chi connectivity index (χ3v) is 5.84. The Balaban J connectivity index is 1.40. The summed E-state index contributed by atoms with van der Waals surface area (Å²) in [5, 5.41) is 6.72. The van der Waals surface area contributed by atoms with E-state index in [1.165, 1.54) is 6.21 Å². The van der Waals surface area contributed by atoms with E-state index in [1.54, 1.807) is 24.3 Å². The van der Waals surface area contributed by atoms with Gasteiger partial charge >= 0.3 is 0 Å². The van der Waals surface area contributed by atoms with Crippen molar-refractivity contribution in [3.8, 4) is 11.5 Å². The first-order valence-corrected chi connectivity index (χ1v) is 12.5. The molecule has 0 unspecified atom stereocenters. The molecule has 0 saturated heterocycles. The second kappa shape index (κ2) is 13.7. The number of nitrogens with zero attached hydrogens (tertiary/aromatic N) is 1. The summed E-state index contributed by atoms with van der Waals surface area (Å²) in [6, 6.07) is 20.5. The molecule has 0 heterocycles. The van der Waals surface area contributed by atoms with Crippen molar-refractivity contribution in [2.45, 2.75) is 26.4 Å². The fourth-order valence-electron chi connectivity index (χ4n) is 2.94. The van der Waals surface area contributed by atoms with E-state index in [-0.39, 0.29) is 24.7 Å². The number of hydrazone groups is 1. The van der Waals surface area contributed by atoms with Crippen LogP contribution in [0.2, 0.25) is 0 Å². The number of anilines is 1. The van der Waals surface area contributed by atoms with Gasteiger partial charge < -0.3 is 14.8 Å². The molecule has 0 aliphatic carbocycles. The van der Waals surface area contributed by atoms with Crippen LogP contribution in [0.1, 0.15) is 30.9 Å². The normalized spacial score (nSPS) is 10.7. The van der Waals surface area contributed by atoms with Gasteiger partial charge in [-0.25, -0.2) is 5.43 Å². The minimum absolute atomic E-state index is 0.0206. The zero-order chi connectivity index (χ0) is 25.0. The minimum atomic E-state index is -0.350. The van der Waals surface area contributed by atoms with Crippen LogP contribution < -0.4 is 20.2 Å². The number of amides is 2. The fraction of sp³-hybridized carbons (Fsp3) is 0.192. The Kier molecular flexibility index (Phi) is 10.3. The number of rotatable bonds is 11. The summed E-state index contributed by atoms with van der Waals surface area (Å²) in [5.41, 5.74) is 4.92. The fourth-order valence-corrected chi connectivity index (χ4v) is 3.72. The molecule has 2 amide bonds. The summed E-state index contributed by atoms with van der Waals surface area (Å²) in [7, 11) is 0. The molecule has 3 aromatic rings. The maximum Gasteiger partial charge on any atom is 0.240 e. The Labute approximate surface area is 221 Å².